The first kappa shape index (κ1) is 13.5. The summed E-state index contributed by atoms with van der Waals surface area (Å²) in [5.41, 5.74) is 1.70. The Morgan fingerprint density at radius 2 is 2.11 bits per heavy atom. The lowest BCUT2D eigenvalue weighted by Crippen LogP contribution is -2.31. The maximum Gasteiger partial charge on any atom is 0.492 e. The summed E-state index contributed by atoms with van der Waals surface area (Å²) >= 11 is 0. The highest BCUT2D eigenvalue weighted by atomic mass is 19.1. The molecule has 0 saturated heterocycles. The maximum absolute atomic E-state index is 13.0. The van der Waals surface area contributed by atoms with Gasteiger partial charge in [0.05, 0.1) is 5.69 Å². The van der Waals surface area contributed by atoms with E-state index in [1.165, 1.54) is 12.1 Å². The molecule has 1 heterocycles. The number of ether oxygens (including phenoxy) is 1. The van der Waals surface area contributed by atoms with Crippen LogP contribution in [0.4, 0.5) is 4.39 Å². The maximum atomic E-state index is 13.0. The molecule has 2 aromatic rings. The lowest BCUT2D eigenvalue weighted by Gasteiger charge is -2.11. The monoisotopic (exact) mass is 261 g/mol. The minimum absolute atomic E-state index is 0.00594. The van der Waals surface area contributed by atoms with Crippen LogP contribution in [0.5, 0.6) is 5.75 Å². The molecule has 0 aliphatic carbocycles. The van der Waals surface area contributed by atoms with E-state index < -0.39 is 12.9 Å². The van der Waals surface area contributed by atoms with E-state index in [0.717, 1.165) is 17.3 Å². The van der Waals surface area contributed by atoms with Crippen LogP contribution in [0, 0.1) is 12.7 Å². The molecule has 0 atom stereocenters. The summed E-state index contributed by atoms with van der Waals surface area (Å²) in [6.45, 7) is 2.08. The zero-order chi connectivity index (χ0) is 13.8. The predicted molar refractivity (Wildman–Crippen MR) is 69.5 cm³/mol. The normalized spacial score (nSPS) is 10.3. The van der Waals surface area contributed by atoms with Crippen molar-refractivity contribution in [1.82, 2.24) is 4.98 Å². The van der Waals surface area contributed by atoms with Gasteiger partial charge in [-0.15, -0.1) is 0 Å². The average Bonchev–Trinajstić information content (AvgIpc) is 2.38. The third kappa shape index (κ3) is 3.30. The lowest BCUT2D eigenvalue weighted by molar-refractivity contribution is 0.300. The van der Waals surface area contributed by atoms with Crippen LogP contribution in [0.3, 0.4) is 0 Å². The molecule has 0 fully saturated rings. The van der Waals surface area contributed by atoms with Gasteiger partial charge in [-0.3, -0.25) is 4.98 Å². The minimum atomic E-state index is -1.78. The quantitative estimate of drug-likeness (QED) is 0.798. The van der Waals surface area contributed by atoms with Gasteiger partial charge in [0, 0.05) is 11.7 Å². The number of halogens is 1. The van der Waals surface area contributed by atoms with Crippen molar-refractivity contribution in [3.05, 3.63) is 53.6 Å². The highest BCUT2D eigenvalue weighted by Crippen LogP contribution is 2.13. The molecule has 0 spiro atoms. The largest absolute Gasteiger partial charge is 0.492 e. The van der Waals surface area contributed by atoms with Crippen molar-refractivity contribution in [3.8, 4) is 5.75 Å². The minimum Gasteiger partial charge on any atom is -0.488 e. The fraction of sp³-hybridized carbons (Fsp3) is 0.154. The van der Waals surface area contributed by atoms with E-state index >= 15 is 0 Å². The van der Waals surface area contributed by atoms with Gasteiger partial charge in [-0.1, -0.05) is 6.07 Å². The molecule has 0 unspecified atom stereocenters. The molecule has 2 rings (SSSR count). The summed E-state index contributed by atoms with van der Waals surface area (Å²) in [5, 5.41) is 18.3. The van der Waals surface area contributed by atoms with E-state index in [-0.39, 0.29) is 17.8 Å². The highest BCUT2D eigenvalue weighted by Gasteiger charge is 2.18. The Morgan fingerprint density at radius 1 is 1.32 bits per heavy atom. The van der Waals surface area contributed by atoms with Crippen LogP contribution >= 0.6 is 0 Å². The molecule has 0 radical (unpaired) electrons. The zero-order valence-corrected chi connectivity index (χ0v) is 10.4. The standard InChI is InChI=1S/C13H13BFNO3/c1-9-3-2-6-16-12(9)8-19-13-5-4-10(15)7-11(13)14(17)18/h2-7,17-18H,8H2,1H3. The molecular weight excluding hydrogens is 248 g/mol. The van der Waals surface area contributed by atoms with Crippen LogP contribution in [-0.4, -0.2) is 22.2 Å². The van der Waals surface area contributed by atoms with Crippen LogP contribution in [0.1, 0.15) is 11.3 Å². The smallest absolute Gasteiger partial charge is 0.488 e. The molecule has 98 valence electrons. The molecule has 1 aromatic carbocycles. The molecule has 0 amide bonds. The van der Waals surface area contributed by atoms with Crippen LogP contribution in [0.2, 0.25) is 0 Å². The van der Waals surface area contributed by atoms with Gasteiger partial charge in [0.2, 0.25) is 0 Å². The second-order valence-electron chi connectivity index (χ2n) is 4.11. The number of aromatic nitrogens is 1. The van der Waals surface area contributed by atoms with Crippen molar-refractivity contribution in [1.29, 1.82) is 0 Å². The van der Waals surface area contributed by atoms with E-state index in [2.05, 4.69) is 4.98 Å². The summed E-state index contributed by atoms with van der Waals surface area (Å²) in [5.74, 6) is -0.328. The van der Waals surface area contributed by atoms with E-state index in [4.69, 9.17) is 4.74 Å². The Labute approximate surface area is 110 Å². The van der Waals surface area contributed by atoms with Gasteiger partial charge in [-0.2, -0.15) is 0 Å². The zero-order valence-electron chi connectivity index (χ0n) is 10.4. The van der Waals surface area contributed by atoms with Gasteiger partial charge in [0.1, 0.15) is 18.2 Å². The van der Waals surface area contributed by atoms with Gasteiger partial charge in [0.15, 0.2) is 0 Å². The third-order valence-electron chi connectivity index (χ3n) is 2.73. The number of rotatable bonds is 4. The van der Waals surface area contributed by atoms with Crippen LogP contribution in [0.25, 0.3) is 0 Å². The van der Waals surface area contributed by atoms with E-state index in [0.29, 0.717) is 0 Å². The SMILES string of the molecule is Cc1cccnc1COc1ccc(F)cc1B(O)O. The lowest BCUT2D eigenvalue weighted by atomic mass is 9.79. The topological polar surface area (TPSA) is 62.6 Å². The molecule has 2 N–H and O–H groups in total. The average molecular weight is 261 g/mol. The Bertz CT molecular complexity index is 578. The first-order valence-corrected chi connectivity index (χ1v) is 5.77. The third-order valence-corrected chi connectivity index (χ3v) is 2.73. The first-order chi connectivity index (χ1) is 9.08. The summed E-state index contributed by atoms with van der Waals surface area (Å²) in [7, 11) is -1.78. The molecule has 0 saturated carbocycles. The molecule has 0 aliphatic heterocycles. The highest BCUT2D eigenvalue weighted by molar-refractivity contribution is 6.59. The van der Waals surface area contributed by atoms with Crippen LogP contribution < -0.4 is 10.2 Å². The van der Waals surface area contributed by atoms with Crippen molar-refractivity contribution in [2.75, 3.05) is 0 Å². The van der Waals surface area contributed by atoms with Gasteiger partial charge < -0.3 is 14.8 Å². The fourth-order valence-corrected chi connectivity index (χ4v) is 1.67. The summed E-state index contributed by atoms with van der Waals surface area (Å²) in [6, 6.07) is 7.32. The molecule has 0 aliphatic rings. The first-order valence-electron chi connectivity index (χ1n) is 5.77. The second-order valence-corrected chi connectivity index (χ2v) is 4.11. The number of pyridine rings is 1. The van der Waals surface area contributed by atoms with Crippen molar-refractivity contribution in [3.63, 3.8) is 0 Å². The van der Waals surface area contributed by atoms with E-state index in [1.54, 1.807) is 6.20 Å². The number of hydrogen-bond donors (Lipinski definition) is 2. The Hall–Kier alpha value is -1.92. The number of nitrogens with zero attached hydrogens (tertiary/aromatic N) is 1. The number of benzene rings is 1. The Balaban J connectivity index is 2.18. The van der Waals surface area contributed by atoms with Crippen molar-refractivity contribution in [2.45, 2.75) is 13.5 Å². The van der Waals surface area contributed by atoms with Gasteiger partial charge in [-0.05, 0) is 36.8 Å². The van der Waals surface area contributed by atoms with Crippen molar-refractivity contribution in [2.24, 2.45) is 0 Å². The van der Waals surface area contributed by atoms with Gasteiger partial charge in [0.25, 0.3) is 0 Å². The molecule has 19 heavy (non-hydrogen) atoms. The van der Waals surface area contributed by atoms with Gasteiger partial charge >= 0.3 is 7.12 Å². The molecule has 0 bridgehead atoms. The Morgan fingerprint density at radius 3 is 2.79 bits per heavy atom. The molecular formula is C13H13BFNO3. The summed E-state index contributed by atoms with van der Waals surface area (Å²) in [6.07, 6.45) is 1.65. The number of hydrogen-bond acceptors (Lipinski definition) is 4. The molecule has 6 heteroatoms. The van der Waals surface area contributed by atoms with E-state index in [1.807, 2.05) is 19.1 Å². The van der Waals surface area contributed by atoms with Crippen molar-refractivity contribution < 1.29 is 19.2 Å². The van der Waals surface area contributed by atoms with E-state index in [9.17, 15) is 14.4 Å². The van der Waals surface area contributed by atoms with Gasteiger partial charge in [-0.25, -0.2) is 4.39 Å². The summed E-state index contributed by atoms with van der Waals surface area (Å²) < 4.78 is 18.5. The molecule has 1 aromatic heterocycles. The predicted octanol–water partition coefficient (Wildman–Crippen LogP) is 0.788. The fourth-order valence-electron chi connectivity index (χ4n) is 1.67. The van der Waals surface area contributed by atoms with Crippen LogP contribution in [0.15, 0.2) is 36.5 Å². The summed E-state index contributed by atoms with van der Waals surface area (Å²) in [4.78, 5) is 4.16. The van der Waals surface area contributed by atoms with Crippen molar-refractivity contribution >= 4 is 12.6 Å². The second kappa shape index (κ2) is 5.82. The number of aryl methyl sites for hydroxylation is 1. The molecule has 4 nitrogen and oxygen atoms in total. The Kier molecular flexibility index (Phi) is 4.14. The van der Waals surface area contributed by atoms with Crippen LogP contribution in [-0.2, 0) is 6.61 Å².